The van der Waals surface area contributed by atoms with Crippen molar-refractivity contribution in [2.75, 3.05) is 13.1 Å². The summed E-state index contributed by atoms with van der Waals surface area (Å²) in [5.41, 5.74) is 1.45. The average Bonchev–Trinajstić information content (AvgIpc) is 2.38. The van der Waals surface area contributed by atoms with Crippen molar-refractivity contribution in [1.82, 2.24) is 5.32 Å². The number of fused-ring (bicyclic) bond motifs is 1. The van der Waals surface area contributed by atoms with Gasteiger partial charge in [-0.1, -0.05) is 49.4 Å². The molecule has 2 aromatic rings. The molecule has 0 aliphatic carbocycles. The second-order valence-corrected chi connectivity index (χ2v) is 4.54. The summed E-state index contributed by atoms with van der Waals surface area (Å²) in [6.07, 6.45) is 3.61. The molecule has 0 heterocycles. The fourth-order valence-electron chi connectivity index (χ4n) is 2.11. The van der Waals surface area contributed by atoms with Gasteiger partial charge in [0.1, 0.15) is 0 Å². The van der Waals surface area contributed by atoms with Gasteiger partial charge in [-0.2, -0.15) is 0 Å². The highest BCUT2D eigenvalue weighted by atomic mass is 14.8. The van der Waals surface area contributed by atoms with Crippen LogP contribution in [0.4, 0.5) is 0 Å². The molecular weight excluding hydrogens is 206 g/mol. The fourth-order valence-corrected chi connectivity index (χ4v) is 2.11. The van der Waals surface area contributed by atoms with Crippen molar-refractivity contribution < 1.29 is 0 Å². The van der Waals surface area contributed by atoms with Gasteiger partial charge in [0.25, 0.3) is 0 Å². The van der Waals surface area contributed by atoms with E-state index in [0.29, 0.717) is 0 Å². The lowest BCUT2D eigenvalue weighted by Gasteiger charge is -2.05. The third-order valence-electron chi connectivity index (χ3n) is 3.06. The SMILES string of the molecule is CCCNCCCc1ccc2ccccc2c1. The molecule has 0 spiro atoms. The number of rotatable bonds is 6. The van der Waals surface area contributed by atoms with Crippen molar-refractivity contribution in [3.8, 4) is 0 Å². The Balaban J connectivity index is 1.90. The molecule has 2 aromatic carbocycles. The topological polar surface area (TPSA) is 12.0 Å². The lowest BCUT2D eigenvalue weighted by molar-refractivity contribution is 0.640. The highest BCUT2D eigenvalue weighted by molar-refractivity contribution is 5.82. The van der Waals surface area contributed by atoms with Gasteiger partial charge in [0.05, 0.1) is 0 Å². The molecule has 0 radical (unpaired) electrons. The Kier molecular flexibility index (Phi) is 4.57. The van der Waals surface area contributed by atoms with E-state index in [1.807, 2.05) is 0 Å². The molecule has 0 aliphatic heterocycles. The quantitative estimate of drug-likeness (QED) is 0.741. The molecule has 0 aliphatic rings. The number of aryl methyl sites for hydroxylation is 1. The highest BCUT2D eigenvalue weighted by Gasteiger charge is 1.96. The minimum absolute atomic E-state index is 1.13. The van der Waals surface area contributed by atoms with Crippen molar-refractivity contribution in [3.63, 3.8) is 0 Å². The zero-order valence-corrected chi connectivity index (χ0v) is 10.6. The second-order valence-electron chi connectivity index (χ2n) is 4.54. The number of benzene rings is 2. The minimum atomic E-state index is 1.13. The van der Waals surface area contributed by atoms with E-state index in [9.17, 15) is 0 Å². The molecule has 0 atom stereocenters. The molecule has 0 saturated carbocycles. The standard InChI is InChI=1S/C16H21N/c1-2-11-17-12-5-6-14-9-10-15-7-3-4-8-16(15)13-14/h3-4,7-10,13,17H,2,5-6,11-12H2,1H3. The van der Waals surface area contributed by atoms with Crippen LogP contribution in [0.1, 0.15) is 25.3 Å². The molecule has 1 nitrogen and oxygen atoms in total. The normalized spacial score (nSPS) is 10.9. The summed E-state index contributed by atoms with van der Waals surface area (Å²) in [6.45, 7) is 4.47. The van der Waals surface area contributed by atoms with Gasteiger partial charge in [-0.3, -0.25) is 0 Å². The minimum Gasteiger partial charge on any atom is -0.317 e. The van der Waals surface area contributed by atoms with Crippen LogP contribution in [-0.2, 0) is 6.42 Å². The summed E-state index contributed by atoms with van der Waals surface area (Å²) in [5.74, 6) is 0. The fraction of sp³-hybridized carbons (Fsp3) is 0.375. The van der Waals surface area contributed by atoms with Gasteiger partial charge in [0.2, 0.25) is 0 Å². The van der Waals surface area contributed by atoms with Crippen molar-refractivity contribution in [2.45, 2.75) is 26.2 Å². The maximum atomic E-state index is 3.44. The van der Waals surface area contributed by atoms with E-state index in [1.54, 1.807) is 0 Å². The highest BCUT2D eigenvalue weighted by Crippen LogP contribution is 2.16. The zero-order chi connectivity index (χ0) is 11.9. The van der Waals surface area contributed by atoms with Crippen molar-refractivity contribution >= 4 is 10.8 Å². The van der Waals surface area contributed by atoms with Crippen LogP contribution >= 0.6 is 0 Å². The zero-order valence-electron chi connectivity index (χ0n) is 10.6. The first-order chi connectivity index (χ1) is 8.40. The van der Waals surface area contributed by atoms with Gasteiger partial charge < -0.3 is 5.32 Å². The maximum absolute atomic E-state index is 3.44. The Morgan fingerprint density at radius 1 is 0.941 bits per heavy atom. The van der Waals surface area contributed by atoms with Crippen LogP contribution in [0.15, 0.2) is 42.5 Å². The van der Waals surface area contributed by atoms with Crippen LogP contribution in [0.25, 0.3) is 10.8 Å². The van der Waals surface area contributed by atoms with Gasteiger partial charge in [-0.25, -0.2) is 0 Å². The van der Waals surface area contributed by atoms with Crippen LogP contribution in [0.3, 0.4) is 0 Å². The van der Waals surface area contributed by atoms with E-state index in [1.165, 1.54) is 35.6 Å². The first-order valence-corrected chi connectivity index (χ1v) is 6.58. The molecule has 0 aromatic heterocycles. The first-order valence-electron chi connectivity index (χ1n) is 6.58. The molecule has 1 N–H and O–H groups in total. The molecule has 0 unspecified atom stereocenters. The van der Waals surface area contributed by atoms with Gasteiger partial charge in [-0.15, -0.1) is 0 Å². The lowest BCUT2D eigenvalue weighted by Crippen LogP contribution is -2.16. The van der Waals surface area contributed by atoms with Crippen LogP contribution in [0.5, 0.6) is 0 Å². The largest absolute Gasteiger partial charge is 0.317 e. The van der Waals surface area contributed by atoms with Crippen molar-refractivity contribution in [1.29, 1.82) is 0 Å². The summed E-state index contributed by atoms with van der Waals surface area (Å²) in [6, 6.07) is 15.4. The Morgan fingerprint density at radius 3 is 2.59 bits per heavy atom. The molecular formula is C16H21N. The first kappa shape index (κ1) is 12.1. The van der Waals surface area contributed by atoms with Crippen molar-refractivity contribution in [2.24, 2.45) is 0 Å². The summed E-state index contributed by atoms with van der Waals surface area (Å²) < 4.78 is 0. The molecule has 0 fully saturated rings. The van der Waals surface area contributed by atoms with E-state index >= 15 is 0 Å². The molecule has 0 bridgehead atoms. The summed E-state index contributed by atoms with van der Waals surface area (Å²) >= 11 is 0. The molecule has 2 rings (SSSR count). The number of nitrogens with one attached hydrogen (secondary N) is 1. The monoisotopic (exact) mass is 227 g/mol. The predicted octanol–water partition coefficient (Wildman–Crippen LogP) is 3.77. The molecule has 1 heteroatoms. The van der Waals surface area contributed by atoms with Crippen LogP contribution in [0.2, 0.25) is 0 Å². The van der Waals surface area contributed by atoms with E-state index in [2.05, 4.69) is 54.7 Å². The Hall–Kier alpha value is -1.34. The Labute approximate surface area is 104 Å². The van der Waals surface area contributed by atoms with Gasteiger partial charge >= 0.3 is 0 Å². The Morgan fingerprint density at radius 2 is 1.76 bits per heavy atom. The third kappa shape index (κ3) is 3.57. The van der Waals surface area contributed by atoms with Gasteiger partial charge in [0.15, 0.2) is 0 Å². The smallest absolute Gasteiger partial charge is 0.00458 e. The lowest BCUT2D eigenvalue weighted by atomic mass is 10.0. The molecule has 90 valence electrons. The molecule has 17 heavy (non-hydrogen) atoms. The molecule has 0 amide bonds. The van der Waals surface area contributed by atoms with E-state index in [0.717, 1.165) is 13.1 Å². The van der Waals surface area contributed by atoms with Crippen molar-refractivity contribution in [3.05, 3.63) is 48.0 Å². The number of hydrogen-bond donors (Lipinski definition) is 1. The van der Waals surface area contributed by atoms with Crippen LogP contribution < -0.4 is 5.32 Å². The summed E-state index contributed by atoms with van der Waals surface area (Å²) in [7, 11) is 0. The van der Waals surface area contributed by atoms with E-state index in [-0.39, 0.29) is 0 Å². The Bertz CT molecular complexity index is 462. The van der Waals surface area contributed by atoms with Gasteiger partial charge in [0, 0.05) is 0 Å². The average molecular weight is 227 g/mol. The second kappa shape index (κ2) is 6.41. The third-order valence-corrected chi connectivity index (χ3v) is 3.06. The summed E-state index contributed by atoms with van der Waals surface area (Å²) in [4.78, 5) is 0. The summed E-state index contributed by atoms with van der Waals surface area (Å²) in [5, 5.41) is 6.13. The van der Waals surface area contributed by atoms with Crippen LogP contribution in [0, 0.1) is 0 Å². The molecule has 0 saturated heterocycles. The van der Waals surface area contributed by atoms with Crippen LogP contribution in [-0.4, -0.2) is 13.1 Å². The van der Waals surface area contributed by atoms with E-state index in [4.69, 9.17) is 0 Å². The van der Waals surface area contributed by atoms with Gasteiger partial charge in [-0.05, 0) is 48.7 Å². The predicted molar refractivity (Wildman–Crippen MR) is 75.4 cm³/mol. The maximum Gasteiger partial charge on any atom is -0.00458 e. The van der Waals surface area contributed by atoms with E-state index < -0.39 is 0 Å². The number of hydrogen-bond acceptors (Lipinski definition) is 1.